The minimum absolute atomic E-state index is 0.00665. The predicted octanol–water partition coefficient (Wildman–Crippen LogP) is 7.01. The quantitative estimate of drug-likeness (QED) is 0.172. The van der Waals surface area contributed by atoms with E-state index in [4.69, 9.17) is 37.9 Å². The summed E-state index contributed by atoms with van der Waals surface area (Å²) in [5.41, 5.74) is 5.65. The molecule has 8 nitrogen and oxygen atoms in total. The van der Waals surface area contributed by atoms with Crippen molar-refractivity contribution in [1.29, 1.82) is 0 Å². The van der Waals surface area contributed by atoms with Gasteiger partial charge in [-0.05, 0) is 88.7 Å². The summed E-state index contributed by atoms with van der Waals surface area (Å²) in [6, 6.07) is 22.6. The molecule has 0 amide bonds. The van der Waals surface area contributed by atoms with Gasteiger partial charge in [-0.3, -0.25) is 0 Å². The Morgan fingerprint density at radius 1 is 0.409 bits per heavy atom. The van der Waals surface area contributed by atoms with Crippen molar-refractivity contribution in [3.05, 3.63) is 94.5 Å². The highest BCUT2D eigenvalue weighted by Gasteiger charge is 2.44. The molecule has 8 heteroatoms. The molecule has 4 aromatic carbocycles. The molecule has 0 saturated carbocycles. The Hall–Kier alpha value is -4.72. The van der Waals surface area contributed by atoms with Crippen molar-refractivity contribution in [3.63, 3.8) is 0 Å². The molecule has 0 N–H and O–H groups in total. The van der Waals surface area contributed by atoms with Crippen LogP contribution in [0.15, 0.2) is 66.7 Å². The number of rotatable bonds is 12. The number of hydrogen-bond donors (Lipinski definition) is 0. The van der Waals surface area contributed by atoms with Gasteiger partial charge >= 0.3 is 0 Å². The summed E-state index contributed by atoms with van der Waals surface area (Å²) in [6.45, 7) is 0. The highest BCUT2D eigenvalue weighted by molar-refractivity contribution is 5.61. The molecule has 0 aliphatic heterocycles. The molecular formula is C36H40O8. The van der Waals surface area contributed by atoms with Gasteiger partial charge in [-0.2, -0.15) is 0 Å². The first-order chi connectivity index (χ1) is 21.4. The van der Waals surface area contributed by atoms with Crippen molar-refractivity contribution in [3.8, 4) is 46.0 Å². The summed E-state index contributed by atoms with van der Waals surface area (Å²) in [5, 5.41) is 0. The Bertz CT molecular complexity index is 1610. The van der Waals surface area contributed by atoms with Crippen molar-refractivity contribution in [2.24, 2.45) is 0 Å². The molecule has 0 heterocycles. The van der Waals surface area contributed by atoms with E-state index >= 15 is 0 Å². The highest BCUT2D eigenvalue weighted by atomic mass is 16.5. The van der Waals surface area contributed by atoms with Crippen LogP contribution in [0.5, 0.6) is 46.0 Å². The van der Waals surface area contributed by atoms with Gasteiger partial charge in [0.2, 0.25) is 0 Å². The molecule has 0 bridgehead atoms. The molecule has 3 atom stereocenters. The van der Waals surface area contributed by atoms with Crippen LogP contribution in [0.25, 0.3) is 0 Å². The van der Waals surface area contributed by atoms with Crippen LogP contribution in [-0.2, 0) is 6.42 Å². The van der Waals surface area contributed by atoms with E-state index in [9.17, 15) is 0 Å². The third-order valence-corrected chi connectivity index (χ3v) is 8.58. The van der Waals surface area contributed by atoms with Crippen LogP contribution in [0.2, 0.25) is 0 Å². The van der Waals surface area contributed by atoms with Crippen LogP contribution in [-0.4, -0.2) is 56.9 Å². The molecule has 44 heavy (non-hydrogen) atoms. The van der Waals surface area contributed by atoms with Gasteiger partial charge in [-0.25, -0.2) is 0 Å². The fourth-order valence-corrected chi connectivity index (χ4v) is 6.54. The standard InChI is InChI=1S/C36H40O8/c1-37-27-12-9-21(16-30(27)40-4)15-25-24-19-33(43-7)34(44-8)20-26(24)36(23-11-14-29(39-3)32(18-23)42-6)35(25)22-10-13-28(38-2)31(17-22)41-5/h9-14,16-20,25,35-36H,15H2,1-8H3/t25-,35+,36+/m1/s1. The average molecular weight is 601 g/mol. The number of fused-ring (bicyclic) bond motifs is 1. The smallest absolute Gasteiger partial charge is 0.161 e. The topological polar surface area (TPSA) is 73.8 Å². The minimum Gasteiger partial charge on any atom is -0.493 e. The van der Waals surface area contributed by atoms with E-state index in [1.165, 1.54) is 5.56 Å². The highest BCUT2D eigenvalue weighted by Crippen LogP contribution is 2.59. The Labute approximate surface area is 259 Å². The lowest BCUT2D eigenvalue weighted by molar-refractivity contribution is 0.353. The van der Waals surface area contributed by atoms with Gasteiger partial charge in [-0.15, -0.1) is 0 Å². The predicted molar refractivity (Wildman–Crippen MR) is 169 cm³/mol. The van der Waals surface area contributed by atoms with Crippen molar-refractivity contribution in [2.45, 2.75) is 24.2 Å². The van der Waals surface area contributed by atoms with E-state index in [0.717, 1.165) is 28.7 Å². The van der Waals surface area contributed by atoms with Crippen molar-refractivity contribution >= 4 is 0 Å². The molecule has 0 spiro atoms. The van der Waals surface area contributed by atoms with Gasteiger partial charge in [0.25, 0.3) is 0 Å². The monoisotopic (exact) mass is 600 g/mol. The molecule has 232 valence electrons. The van der Waals surface area contributed by atoms with E-state index in [0.29, 0.717) is 46.0 Å². The molecule has 1 aliphatic rings. The van der Waals surface area contributed by atoms with Crippen molar-refractivity contribution < 1.29 is 37.9 Å². The van der Waals surface area contributed by atoms with Gasteiger partial charge in [0.1, 0.15) is 0 Å². The summed E-state index contributed by atoms with van der Waals surface area (Å²) < 4.78 is 45.5. The fraction of sp³-hybridized carbons (Fsp3) is 0.333. The lowest BCUT2D eigenvalue weighted by atomic mass is 9.76. The summed E-state index contributed by atoms with van der Waals surface area (Å²) >= 11 is 0. The zero-order valence-corrected chi connectivity index (χ0v) is 26.6. The van der Waals surface area contributed by atoms with Crippen LogP contribution in [0, 0.1) is 0 Å². The number of hydrogen-bond acceptors (Lipinski definition) is 8. The molecule has 0 radical (unpaired) electrons. The maximum absolute atomic E-state index is 5.81. The first-order valence-corrected chi connectivity index (χ1v) is 14.4. The van der Waals surface area contributed by atoms with Gasteiger partial charge in [-0.1, -0.05) is 18.2 Å². The summed E-state index contributed by atoms with van der Waals surface area (Å²) in [4.78, 5) is 0. The summed E-state index contributed by atoms with van der Waals surface area (Å²) in [7, 11) is 13.2. The lowest BCUT2D eigenvalue weighted by Crippen LogP contribution is -2.15. The Balaban J connectivity index is 1.77. The number of benzene rings is 4. The third kappa shape index (κ3) is 5.52. The second-order valence-corrected chi connectivity index (χ2v) is 10.6. The number of ether oxygens (including phenoxy) is 8. The van der Waals surface area contributed by atoms with Crippen LogP contribution in [0.3, 0.4) is 0 Å². The van der Waals surface area contributed by atoms with E-state index < -0.39 is 0 Å². The minimum atomic E-state index is -0.0622. The van der Waals surface area contributed by atoms with Crippen molar-refractivity contribution in [2.75, 3.05) is 56.9 Å². The van der Waals surface area contributed by atoms with Gasteiger partial charge < -0.3 is 37.9 Å². The molecule has 4 aromatic rings. The summed E-state index contributed by atoms with van der Waals surface area (Å²) in [6.07, 6.45) is 0.728. The maximum atomic E-state index is 5.81. The third-order valence-electron chi connectivity index (χ3n) is 8.58. The van der Waals surface area contributed by atoms with E-state index in [2.05, 4.69) is 48.5 Å². The molecule has 1 aliphatic carbocycles. The van der Waals surface area contributed by atoms with E-state index in [1.807, 2.05) is 18.2 Å². The van der Waals surface area contributed by atoms with Crippen LogP contribution in [0.4, 0.5) is 0 Å². The maximum Gasteiger partial charge on any atom is 0.161 e. The zero-order chi connectivity index (χ0) is 31.4. The summed E-state index contributed by atoms with van der Waals surface area (Å²) in [5.74, 6) is 5.40. The fourth-order valence-electron chi connectivity index (χ4n) is 6.54. The van der Waals surface area contributed by atoms with Crippen LogP contribution < -0.4 is 37.9 Å². The molecule has 5 rings (SSSR count). The number of methoxy groups -OCH3 is 8. The second kappa shape index (κ2) is 13.3. The molecular weight excluding hydrogens is 560 g/mol. The zero-order valence-electron chi connectivity index (χ0n) is 26.6. The largest absolute Gasteiger partial charge is 0.493 e. The second-order valence-electron chi connectivity index (χ2n) is 10.6. The Morgan fingerprint density at radius 2 is 0.818 bits per heavy atom. The van der Waals surface area contributed by atoms with Crippen LogP contribution in [0.1, 0.15) is 45.6 Å². The SMILES string of the molecule is COc1ccc(C[C@@H]2c3cc(OC)c(OC)cc3[C@H](c3ccc(OC)c(OC)c3)[C@H]2c2ccc(OC)c(OC)c2)cc1OC. The van der Waals surface area contributed by atoms with Gasteiger partial charge in [0.05, 0.1) is 56.9 Å². The first-order valence-electron chi connectivity index (χ1n) is 14.4. The Morgan fingerprint density at radius 3 is 1.34 bits per heavy atom. The van der Waals surface area contributed by atoms with Gasteiger partial charge in [0, 0.05) is 11.8 Å². The van der Waals surface area contributed by atoms with Crippen LogP contribution >= 0.6 is 0 Å². The normalized spacial score (nSPS) is 17.0. The van der Waals surface area contributed by atoms with E-state index in [-0.39, 0.29) is 17.8 Å². The molecule has 0 aromatic heterocycles. The van der Waals surface area contributed by atoms with Crippen molar-refractivity contribution in [1.82, 2.24) is 0 Å². The van der Waals surface area contributed by atoms with Gasteiger partial charge in [0.15, 0.2) is 46.0 Å². The molecule has 0 saturated heterocycles. The van der Waals surface area contributed by atoms with E-state index in [1.54, 1.807) is 56.9 Å². The first kappa shape index (κ1) is 30.7. The Kier molecular flexibility index (Phi) is 9.28. The average Bonchev–Trinajstić information content (AvgIpc) is 3.38. The lowest BCUT2D eigenvalue weighted by Gasteiger charge is -2.28. The molecule has 0 fully saturated rings. The molecule has 0 unspecified atom stereocenters.